The molecule has 18 heavy (non-hydrogen) atoms. The Hall–Kier alpha value is -1.75. The summed E-state index contributed by atoms with van der Waals surface area (Å²) < 4.78 is 13.6. The van der Waals surface area contributed by atoms with Gasteiger partial charge in [-0.15, -0.1) is 11.3 Å². The normalized spacial score (nSPS) is 11.1. The topological polar surface area (TPSA) is 37.3 Å². The van der Waals surface area contributed by atoms with Gasteiger partial charge in [0.05, 0.1) is 11.9 Å². The molecule has 1 aromatic carbocycles. The van der Waals surface area contributed by atoms with Gasteiger partial charge in [-0.3, -0.25) is 5.43 Å². The Bertz CT molecular complexity index is 563. The van der Waals surface area contributed by atoms with Crippen LogP contribution in [0, 0.1) is 12.7 Å². The highest BCUT2D eigenvalue weighted by atomic mass is 32.1. The predicted octanol–water partition coefficient (Wildman–Crippen LogP) is 3.60. The van der Waals surface area contributed by atoms with Crippen molar-refractivity contribution in [3.8, 4) is 0 Å². The molecule has 1 N–H and O–H groups in total. The lowest BCUT2D eigenvalue weighted by molar-refractivity contribution is 0.624. The van der Waals surface area contributed by atoms with Crippen molar-refractivity contribution < 1.29 is 4.39 Å². The van der Waals surface area contributed by atoms with Gasteiger partial charge in [-0.25, -0.2) is 9.37 Å². The molecule has 0 bridgehead atoms. The summed E-state index contributed by atoms with van der Waals surface area (Å²) in [5.74, 6) is -0.254. The van der Waals surface area contributed by atoms with Gasteiger partial charge in [0.15, 0.2) is 0 Å². The van der Waals surface area contributed by atoms with Gasteiger partial charge in [0.25, 0.3) is 0 Å². The maximum Gasteiger partial charge on any atom is 0.203 e. The fourth-order valence-corrected chi connectivity index (χ4v) is 2.09. The number of aromatic nitrogens is 1. The minimum atomic E-state index is -0.254. The summed E-state index contributed by atoms with van der Waals surface area (Å²) in [6.45, 7) is 3.91. The van der Waals surface area contributed by atoms with Crippen LogP contribution in [0.1, 0.15) is 23.7 Å². The van der Waals surface area contributed by atoms with Crippen LogP contribution in [-0.2, 0) is 6.42 Å². The summed E-state index contributed by atoms with van der Waals surface area (Å²) in [6.07, 6.45) is 2.29. The van der Waals surface area contributed by atoms with Gasteiger partial charge in [0.2, 0.25) is 5.13 Å². The summed E-state index contributed by atoms with van der Waals surface area (Å²) in [7, 11) is 0. The van der Waals surface area contributed by atoms with E-state index in [1.54, 1.807) is 6.07 Å². The number of nitrogens with one attached hydrogen (secondary N) is 1. The molecule has 0 radical (unpaired) electrons. The highest BCUT2D eigenvalue weighted by molar-refractivity contribution is 7.13. The van der Waals surface area contributed by atoms with Gasteiger partial charge < -0.3 is 0 Å². The lowest BCUT2D eigenvalue weighted by Gasteiger charge is -2.00. The van der Waals surface area contributed by atoms with E-state index >= 15 is 0 Å². The third-order valence-corrected chi connectivity index (χ3v) is 3.32. The van der Waals surface area contributed by atoms with Crippen LogP contribution < -0.4 is 5.43 Å². The molecular formula is C13H14FN3S. The largest absolute Gasteiger partial charge is 0.253 e. The lowest BCUT2D eigenvalue weighted by atomic mass is 10.1. The van der Waals surface area contributed by atoms with E-state index in [0.29, 0.717) is 10.7 Å². The van der Waals surface area contributed by atoms with Gasteiger partial charge >= 0.3 is 0 Å². The second-order valence-electron chi connectivity index (χ2n) is 3.87. The predicted molar refractivity (Wildman–Crippen MR) is 73.8 cm³/mol. The molecule has 1 heterocycles. The maximum absolute atomic E-state index is 13.6. The van der Waals surface area contributed by atoms with E-state index < -0.39 is 0 Å². The molecule has 2 aromatic rings. The van der Waals surface area contributed by atoms with Gasteiger partial charge in [0, 0.05) is 10.9 Å². The van der Waals surface area contributed by atoms with Gasteiger partial charge in [-0.05, 0) is 25.0 Å². The second-order valence-corrected chi connectivity index (χ2v) is 4.73. The summed E-state index contributed by atoms with van der Waals surface area (Å²) >= 11 is 1.47. The molecule has 0 atom stereocenters. The zero-order valence-electron chi connectivity index (χ0n) is 10.3. The molecule has 0 amide bonds. The number of benzene rings is 1. The molecular weight excluding hydrogens is 249 g/mol. The van der Waals surface area contributed by atoms with E-state index in [9.17, 15) is 4.39 Å². The first kappa shape index (κ1) is 12.7. The van der Waals surface area contributed by atoms with Crippen molar-refractivity contribution in [2.24, 2.45) is 5.10 Å². The molecule has 0 aliphatic rings. The highest BCUT2D eigenvalue weighted by Crippen LogP contribution is 2.14. The van der Waals surface area contributed by atoms with E-state index in [2.05, 4.69) is 15.5 Å². The quantitative estimate of drug-likeness (QED) is 0.676. The van der Waals surface area contributed by atoms with Crippen molar-refractivity contribution in [1.29, 1.82) is 0 Å². The molecule has 0 saturated heterocycles. The number of nitrogens with zero attached hydrogens (tertiary/aromatic N) is 2. The molecule has 0 saturated carbocycles. The molecule has 5 heteroatoms. The lowest BCUT2D eigenvalue weighted by Crippen LogP contribution is -1.94. The zero-order valence-corrected chi connectivity index (χ0v) is 11.1. The van der Waals surface area contributed by atoms with Crippen LogP contribution in [0.4, 0.5) is 9.52 Å². The average molecular weight is 263 g/mol. The van der Waals surface area contributed by atoms with E-state index in [-0.39, 0.29) is 5.82 Å². The van der Waals surface area contributed by atoms with Crippen LogP contribution in [-0.4, -0.2) is 11.2 Å². The van der Waals surface area contributed by atoms with Crippen molar-refractivity contribution >= 4 is 22.7 Å². The Morgan fingerprint density at radius 1 is 1.50 bits per heavy atom. The van der Waals surface area contributed by atoms with E-state index in [1.165, 1.54) is 23.6 Å². The van der Waals surface area contributed by atoms with Crippen LogP contribution in [0.25, 0.3) is 0 Å². The van der Waals surface area contributed by atoms with Crippen LogP contribution in [0.3, 0.4) is 0 Å². The van der Waals surface area contributed by atoms with Gasteiger partial charge in [-0.2, -0.15) is 5.10 Å². The summed E-state index contributed by atoms with van der Waals surface area (Å²) in [5, 5.41) is 6.60. The van der Waals surface area contributed by atoms with E-state index in [0.717, 1.165) is 17.7 Å². The minimum Gasteiger partial charge on any atom is -0.253 e. The molecule has 94 valence electrons. The number of rotatable bonds is 4. The van der Waals surface area contributed by atoms with Crippen LogP contribution in [0.2, 0.25) is 0 Å². The first-order chi connectivity index (χ1) is 8.69. The third-order valence-electron chi connectivity index (χ3n) is 2.46. The number of hydrogen-bond acceptors (Lipinski definition) is 4. The number of halogens is 1. The highest BCUT2D eigenvalue weighted by Gasteiger charge is 2.00. The van der Waals surface area contributed by atoms with Crippen molar-refractivity contribution in [3.05, 3.63) is 46.2 Å². The van der Waals surface area contributed by atoms with Crippen molar-refractivity contribution in [3.63, 3.8) is 0 Å². The van der Waals surface area contributed by atoms with E-state index in [4.69, 9.17) is 0 Å². The Labute approximate surface area is 109 Å². The molecule has 0 aliphatic carbocycles. The van der Waals surface area contributed by atoms with Crippen molar-refractivity contribution in [1.82, 2.24) is 4.98 Å². The first-order valence-corrected chi connectivity index (χ1v) is 6.56. The van der Waals surface area contributed by atoms with Crippen molar-refractivity contribution in [2.45, 2.75) is 20.3 Å². The number of hydrogen-bond donors (Lipinski definition) is 1. The third kappa shape index (κ3) is 3.13. The molecule has 0 aliphatic heterocycles. The zero-order chi connectivity index (χ0) is 13.0. The summed E-state index contributed by atoms with van der Waals surface area (Å²) in [4.78, 5) is 4.19. The number of thiazole rings is 1. The minimum absolute atomic E-state index is 0.254. The Balaban J connectivity index is 2.05. The molecule has 3 nitrogen and oxygen atoms in total. The second kappa shape index (κ2) is 5.73. The summed E-state index contributed by atoms with van der Waals surface area (Å²) in [5.41, 5.74) is 5.17. The Morgan fingerprint density at radius 3 is 2.94 bits per heavy atom. The SMILES string of the molecule is CCc1ccc(C=NNc2nc(C)cs2)c(F)c1. The molecule has 1 aromatic heterocycles. The van der Waals surface area contributed by atoms with Gasteiger partial charge in [0.1, 0.15) is 5.82 Å². The van der Waals surface area contributed by atoms with Crippen LogP contribution in [0.5, 0.6) is 0 Å². The molecule has 0 spiro atoms. The van der Waals surface area contributed by atoms with Gasteiger partial charge in [-0.1, -0.05) is 19.1 Å². The van der Waals surface area contributed by atoms with Crippen LogP contribution >= 0.6 is 11.3 Å². The Kier molecular flexibility index (Phi) is 4.04. The monoisotopic (exact) mass is 263 g/mol. The fourth-order valence-electron chi connectivity index (χ4n) is 1.46. The first-order valence-electron chi connectivity index (χ1n) is 5.68. The number of aryl methyl sites for hydroxylation is 2. The molecule has 0 fully saturated rings. The van der Waals surface area contributed by atoms with Crippen LogP contribution in [0.15, 0.2) is 28.7 Å². The molecule has 0 unspecified atom stereocenters. The number of hydrazone groups is 1. The Morgan fingerprint density at radius 2 is 2.33 bits per heavy atom. The standard InChI is InChI=1S/C13H14FN3S/c1-3-10-4-5-11(12(14)6-10)7-15-17-13-16-9(2)8-18-13/h4-8H,3H2,1-2H3,(H,16,17). The average Bonchev–Trinajstić information content (AvgIpc) is 2.77. The smallest absolute Gasteiger partial charge is 0.203 e. The maximum atomic E-state index is 13.6. The van der Waals surface area contributed by atoms with E-state index in [1.807, 2.05) is 25.3 Å². The summed E-state index contributed by atoms with van der Waals surface area (Å²) in [6, 6.07) is 5.17. The van der Waals surface area contributed by atoms with Crippen molar-refractivity contribution in [2.75, 3.05) is 5.43 Å². The molecule has 2 rings (SSSR count). The fraction of sp³-hybridized carbons (Fsp3) is 0.231. The number of anilines is 1.